The number of nitrogens with one attached hydrogen (secondary N) is 2. The first kappa shape index (κ1) is 12.6. The fraction of sp³-hybridized carbons (Fsp3) is 0.231. The second-order valence-corrected chi connectivity index (χ2v) is 4.52. The Labute approximate surface area is 112 Å². The maximum atomic E-state index is 5.29. The van der Waals surface area contributed by atoms with E-state index in [9.17, 15) is 0 Å². The molecular weight excluding hydrogens is 244 g/mol. The van der Waals surface area contributed by atoms with E-state index >= 15 is 0 Å². The number of hydrogen-bond acceptors (Lipinski definition) is 2. The number of benzene rings is 1. The van der Waals surface area contributed by atoms with Crippen LogP contribution in [0.1, 0.15) is 11.4 Å². The molecule has 0 bridgehead atoms. The molecule has 2 rings (SSSR count). The lowest BCUT2D eigenvalue weighted by Gasteiger charge is -2.10. The van der Waals surface area contributed by atoms with Gasteiger partial charge in [-0.3, -0.25) is 4.68 Å². The predicted molar refractivity (Wildman–Crippen MR) is 79.0 cm³/mol. The molecule has 2 N–H and O–H groups in total. The number of aryl methyl sites for hydroxylation is 2. The van der Waals surface area contributed by atoms with Crippen LogP contribution in [0.3, 0.4) is 0 Å². The summed E-state index contributed by atoms with van der Waals surface area (Å²) in [4.78, 5) is 0. The summed E-state index contributed by atoms with van der Waals surface area (Å²) in [6.07, 6.45) is 0. The highest BCUT2D eigenvalue weighted by Crippen LogP contribution is 2.18. The molecule has 1 heterocycles. The molecule has 0 spiro atoms. The van der Waals surface area contributed by atoms with Crippen LogP contribution < -0.4 is 10.6 Å². The highest BCUT2D eigenvalue weighted by molar-refractivity contribution is 7.80. The van der Waals surface area contributed by atoms with Gasteiger partial charge in [-0.15, -0.1) is 0 Å². The van der Waals surface area contributed by atoms with Crippen molar-refractivity contribution in [1.29, 1.82) is 0 Å². The molecule has 0 saturated carbocycles. The van der Waals surface area contributed by atoms with Gasteiger partial charge in [-0.05, 0) is 38.2 Å². The summed E-state index contributed by atoms with van der Waals surface area (Å²) in [6, 6.07) is 9.84. The highest BCUT2D eigenvalue weighted by Gasteiger charge is 2.10. The molecule has 0 aliphatic carbocycles. The van der Waals surface area contributed by atoms with Crippen molar-refractivity contribution in [2.45, 2.75) is 13.8 Å². The van der Waals surface area contributed by atoms with Gasteiger partial charge in [0.2, 0.25) is 0 Å². The minimum absolute atomic E-state index is 0.570. The van der Waals surface area contributed by atoms with Crippen LogP contribution in [0.15, 0.2) is 30.3 Å². The normalized spacial score (nSPS) is 10.2. The van der Waals surface area contributed by atoms with E-state index in [1.807, 2.05) is 55.9 Å². The minimum Gasteiger partial charge on any atom is -0.332 e. The molecule has 0 saturated heterocycles. The fourth-order valence-electron chi connectivity index (χ4n) is 1.75. The van der Waals surface area contributed by atoms with E-state index in [0.29, 0.717) is 5.11 Å². The first-order chi connectivity index (χ1) is 8.58. The molecule has 0 amide bonds. The molecule has 0 radical (unpaired) electrons. The first-order valence-electron chi connectivity index (χ1n) is 5.71. The lowest BCUT2D eigenvalue weighted by atomic mass is 10.3. The Hall–Kier alpha value is -1.88. The van der Waals surface area contributed by atoms with Crippen molar-refractivity contribution in [3.63, 3.8) is 0 Å². The SMILES string of the molecule is Cc1nn(C)c(C)c1NC(=S)Nc1ccccc1. The molecular formula is C13H16N4S. The first-order valence-corrected chi connectivity index (χ1v) is 6.12. The summed E-state index contributed by atoms with van der Waals surface area (Å²) >= 11 is 5.29. The van der Waals surface area contributed by atoms with Crippen molar-refractivity contribution < 1.29 is 0 Å². The largest absolute Gasteiger partial charge is 0.332 e. The molecule has 1 aromatic carbocycles. The number of thiocarbonyl (C=S) groups is 1. The van der Waals surface area contributed by atoms with E-state index in [4.69, 9.17) is 12.2 Å². The average molecular weight is 260 g/mol. The van der Waals surface area contributed by atoms with Gasteiger partial charge in [0.25, 0.3) is 0 Å². The molecule has 0 fully saturated rings. The van der Waals surface area contributed by atoms with Crippen LogP contribution in [0.4, 0.5) is 11.4 Å². The summed E-state index contributed by atoms with van der Waals surface area (Å²) in [5.41, 5.74) is 3.93. The van der Waals surface area contributed by atoms with Crippen LogP contribution in [-0.2, 0) is 7.05 Å². The zero-order valence-corrected chi connectivity index (χ0v) is 11.5. The zero-order valence-electron chi connectivity index (χ0n) is 10.7. The third-order valence-electron chi connectivity index (χ3n) is 2.78. The van der Waals surface area contributed by atoms with E-state index in [-0.39, 0.29) is 0 Å². The van der Waals surface area contributed by atoms with Crippen molar-refractivity contribution in [2.75, 3.05) is 10.6 Å². The minimum atomic E-state index is 0.570. The Morgan fingerprint density at radius 3 is 2.39 bits per heavy atom. The maximum Gasteiger partial charge on any atom is 0.175 e. The third-order valence-corrected chi connectivity index (χ3v) is 2.98. The number of nitrogens with zero attached hydrogens (tertiary/aromatic N) is 2. The second-order valence-electron chi connectivity index (χ2n) is 4.11. The maximum absolute atomic E-state index is 5.29. The molecule has 4 nitrogen and oxygen atoms in total. The average Bonchev–Trinajstić information content (AvgIpc) is 2.57. The highest BCUT2D eigenvalue weighted by atomic mass is 32.1. The molecule has 18 heavy (non-hydrogen) atoms. The van der Waals surface area contributed by atoms with Crippen molar-refractivity contribution in [2.24, 2.45) is 7.05 Å². The van der Waals surface area contributed by atoms with Gasteiger partial charge in [-0.25, -0.2) is 0 Å². The van der Waals surface area contributed by atoms with Gasteiger partial charge in [-0.2, -0.15) is 5.10 Å². The number of hydrogen-bond donors (Lipinski definition) is 2. The van der Waals surface area contributed by atoms with E-state index in [1.54, 1.807) is 0 Å². The van der Waals surface area contributed by atoms with Gasteiger partial charge in [0.15, 0.2) is 5.11 Å². The van der Waals surface area contributed by atoms with E-state index in [2.05, 4.69) is 15.7 Å². The molecule has 0 atom stereocenters. The van der Waals surface area contributed by atoms with E-state index in [0.717, 1.165) is 22.8 Å². The van der Waals surface area contributed by atoms with Crippen molar-refractivity contribution in [1.82, 2.24) is 9.78 Å². The number of anilines is 2. The topological polar surface area (TPSA) is 41.9 Å². The lowest BCUT2D eigenvalue weighted by Crippen LogP contribution is -2.19. The quantitative estimate of drug-likeness (QED) is 0.815. The molecule has 94 valence electrons. The number of para-hydroxylation sites is 1. The lowest BCUT2D eigenvalue weighted by molar-refractivity contribution is 0.731. The Balaban J connectivity index is 2.08. The van der Waals surface area contributed by atoms with Crippen LogP contribution in [0, 0.1) is 13.8 Å². The van der Waals surface area contributed by atoms with Crippen molar-refractivity contribution >= 4 is 28.7 Å². The van der Waals surface area contributed by atoms with Gasteiger partial charge in [-0.1, -0.05) is 18.2 Å². The van der Waals surface area contributed by atoms with Crippen LogP contribution in [-0.4, -0.2) is 14.9 Å². The van der Waals surface area contributed by atoms with Crippen LogP contribution in [0.5, 0.6) is 0 Å². The van der Waals surface area contributed by atoms with Gasteiger partial charge in [0.1, 0.15) is 0 Å². The Morgan fingerprint density at radius 1 is 1.17 bits per heavy atom. The van der Waals surface area contributed by atoms with Crippen molar-refractivity contribution in [3.05, 3.63) is 41.7 Å². The Bertz CT molecular complexity index is 560. The summed E-state index contributed by atoms with van der Waals surface area (Å²) in [5, 5.41) is 11.2. The van der Waals surface area contributed by atoms with Crippen LogP contribution in [0.2, 0.25) is 0 Å². The van der Waals surface area contributed by atoms with Gasteiger partial charge < -0.3 is 10.6 Å². The summed E-state index contributed by atoms with van der Waals surface area (Å²) in [5.74, 6) is 0. The van der Waals surface area contributed by atoms with Gasteiger partial charge in [0, 0.05) is 12.7 Å². The second kappa shape index (κ2) is 5.18. The van der Waals surface area contributed by atoms with Gasteiger partial charge >= 0.3 is 0 Å². The summed E-state index contributed by atoms with van der Waals surface area (Å²) in [6.45, 7) is 3.97. The zero-order chi connectivity index (χ0) is 13.1. The summed E-state index contributed by atoms with van der Waals surface area (Å²) in [7, 11) is 1.92. The number of rotatable bonds is 2. The Kier molecular flexibility index (Phi) is 3.62. The molecule has 2 aromatic rings. The van der Waals surface area contributed by atoms with Crippen LogP contribution >= 0.6 is 12.2 Å². The monoisotopic (exact) mass is 260 g/mol. The van der Waals surface area contributed by atoms with Crippen molar-refractivity contribution in [3.8, 4) is 0 Å². The molecule has 0 unspecified atom stereocenters. The van der Waals surface area contributed by atoms with Gasteiger partial charge in [0.05, 0.1) is 17.1 Å². The van der Waals surface area contributed by atoms with Crippen LogP contribution in [0.25, 0.3) is 0 Å². The fourth-order valence-corrected chi connectivity index (χ4v) is 1.97. The van der Waals surface area contributed by atoms with E-state index < -0.39 is 0 Å². The number of aromatic nitrogens is 2. The smallest absolute Gasteiger partial charge is 0.175 e. The van der Waals surface area contributed by atoms with E-state index in [1.165, 1.54) is 0 Å². The molecule has 0 aliphatic heterocycles. The predicted octanol–water partition coefficient (Wildman–Crippen LogP) is 2.85. The molecule has 1 aromatic heterocycles. The third kappa shape index (κ3) is 2.68. The standard InChI is InChI=1S/C13H16N4S/c1-9-12(10(2)17(3)16-9)15-13(18)14-11-7-5-4-6-8-11/h4-8H,1-3H3,(H2,14,15,18). The summed E-state index contributed by atoms with van der Waals surface area (Å²) < 4.78 is 1.84. The molecule has 0 aliphatic rings. The molecule has 5 heteroatoms. The Morgan fingerprint density at radius 2 is 1.83 bits per heavy atom.